The Balaban J connectivity index is 2.46. The van der Waals surface area contributed by atoms with Gasteiger partial charge in [0.25, 0.3) is 5.56 Å². The molecular formula is C13H12ClN5O2. The van der Waals surface area contributed by atoms with Crippen LogP contribution in [0.1, 0.15) is 0 Å². The molecule has 0 radical (unpaired) electrons. The Bertz CT molecular complexity index is 983. The molecule has 1 aromatic carbocycles. The number of benzene rings is 1. The third kappa shape index (κ3) is 1.85. The average molecular weight is 306 g/mol. The van der Waals surface area contributed by atoms with Crippen LogP contribution in [0, 0.1) is 0 Å². The van der Waals surface area contributed by atoms with E-state index < -0.39 is 11.2 Å². The maximum atomic E-state index is 12.4. The monoisotopic (exact) mass is 305 g/mol. The highest BCUT2D eigenvalue weighted by molar-refractivity contribution is 6.32. The van der Waals surface area contributed by atoms with Gasteiger partial charge < -0.3 is 5.73 Å². The summed E-state index contributed by atoms with van der Waals surface area (Å²) >= 11 is 6.18. The Hall–Kier alpha value is -2.54. The number of fused-ring (bicyclic) bond motifs is 1. The number of halogens is 1. The number of imidazole rings is 1. The number of nitrogens with zero attached hydrogens (tertiary/aromatic N) is 4. The molecule has 2 aromatic heterocycles. The van der Waals surface area contributed by atoms with E-state index in [1.54, 1.807) is 29.8 Å². The summed E-state index contributed by atoms with van der Waals surface area (Å²) in [6.07, 6.45) is 1.46. The minimum absolute atomic E-state index is 0.284. The maximum absolute atomic E-state index is 12.4. The molecule has 3 rings (SSSR count). The predicted molar refractivity (Wildman–Crippen MR) is 81.0 cm³/mol. The third-order valence-corrected chi connectivity index (χ3v) is 3.68. The molecule has 0 fully saturated rings. The van der Waals surface area contributed by atoms with Crippen molar-refractivity contribution < 1.29 is 0 Å². The van der Waals surface area contributed by atoms with Crippen LogP contribution in [-0.2, 0) is 14.1 Å². The molecular weight excluding hydrogens is 294 g/mol. The number of aromatic nitrogens is 4. The van der Waals surface area contributed by atoms with Crippen molar-refractivity contribution >= 4 is 28.5 Å². The second-order valence-corrected chi connectivity index (χ2v) is 5.11. The molecule has 0 aliphatic carbocycles. The fourth-order valence-corrected chi connectivity index (χ4v) is 2.53. The predicted octanol–water partition coefficient (Wildman–Crippen LogP) is 0.658. The Labute approximate surface area is 123 Å². The molecule has 7 nitrogen and oxygen atoms in total. The van der Waals surface area contributed by atoms with E-state index in [4.69, 9.17) is 17.3 Å². The average Bonchev–Trinajstić information content (AvgIpc) is 2.87. The number of nitrogens with two attached hydrogens (primary N) is 1. The second kappa shape index (κ2) is 4.49. The van der Waals surface area contributed by atoms with Crippen LogP contribution in [-0.4, -0.2) is 18.7 Å². The Kier molecular flexibility index (Phi) is 2.87. The summed E-state index contributed by atoms with van der Waals surface area (Å²) in [4.78, 5) is 28.4. The van der Waals surface area contributed by atoms with Crippen molar-refractivity contribution in [3.05, 3.63) is 50.4 Å². The summed E-state index contributed by atoms with van der Waals surface area (Å²) in [5.74, 6) is 0. The molecule has 0 spiro atoms. The molecule has 8 heteroatoms. The summed E-state index contributed by atoms with van der Waals surface area (Å²) in [6, 6.07) is 4.97. The standard InChI is InChI=1S/C13H12ClN5O2/c1-17-11-10(12(20)18(2)13(17)21)19(6-16-11)9-4-3-7(15)5-8(9)14/h3-6H,15H2,1-2H3. The number of nitrogen functional groups attached to an aromatic ring is 1. The smallest absolute Gasteiger partial charge is 0.332 e. The van der Waals surface area contributed by atoms with E-state index in [0.29, 0.717) is 22.0 Å². The lowest BCUT2D eigenvalue weighted by Crippen LogP contribution is -2.37. The highest BCUT2D eigenvalue weighted by atomic mass is 35.5. The summed E-state index contributed by atoms with van der Waals surface area (Å²) in [5.41, 5.74) is 6.49. The van der Waals surface area contributed by atoms with Crippen molar-refractivity contribution in [2.24, 2.45) is 14.1 Å². The molecule has 3 aromatic rings. The number of hydrogen-bond donors (Lipinski definition) is 1. The fourth-order valence-electron chi connectivity index (χ4n) is 2.25. The minimum atomic E-state index is -0.432. The van der Waals surface area contributed by atoms with Crippen LogP contribution >= 0.6 is 11.6 Å². The fraction of sp³-hybridized carbons (Fsp3) is 0.154. The Morgan fingerprint density at radius 3 is 2.57 bits per heavy atom. The highest BCUT2D eigenvalue weighted by Gasteiger charge is 2.16. The molecule has 0 atom stereocenters. The molecule has 108 valence electrons. The molecule has 2 N–H and O–H groups in total. The quantitative estimate of drug-likeness (QED) is 0.669. The number of anilines is 1. The normalized spacial score (nSPS) is 11.2. The van der Waals surface area contributed by atoms with Gasteiger partial charge in [-0.3, -0.25) is 18.5 Å². The second-order valence-electron chi connectivity index (χ2n) is 4.70. The summed E-state index contributed by atoms with van der Waals surface area (Å²) in [7, 11) is 2.98. The lowest BCUT2D eigenvalue weighted by Gasteiger charge is -2.08. The van der Waals surface area contributed by atoms with Crippen molar-refractivity contribution in [3.63, 3.8) is 0 Å². The van der Waals surface area contributed by atoms with E-state index in [0.717, 1.165) is 4.57 Å². The van der Waals surface area contributed by atoms with Gasteiger partial charge in [0.2, 0.25) is 0 Å². The van der Waals surface area contributed by atoms with E-state index >= 15 is 0 Å². The molecule has 0 bridgehead atoms. The SMILES string of the molecule is Cn1c(=O)c2c(ncn2-c2ccc(N)cc2Cl)n(C)c1=O. The van der Waals surface area contributed by atoms with Gasteiger partial charge in [-0.1, -0.05) is 11.6 Å². The zero-order valence-corrected chi connectivity index (χ0v) is 12.1. The first kappa shape index (κ1) is 13.4. The molecule has 21 heavy (non-hydrogen) atoms. The van der Waals surface area contributed by atoms with Crippen LogP contribution in [0.5, 0.6) is 0 Å². The number of rotatable bonds is 1. The first-order chi connectivity index (χ1) is 9.91. The van der Waals surface area contributed by atoms with E-state index in [1.807, 2.05) is 0 Å². The van der Waals surface area contributed by atoms with Crippen LogP contribution in [0.4, 0.5) is 5.69 Å². The Morgan fingerprint density at radius 2 is 1.90 bits per heavy atom. The zero-order valence-electron chi connectivity index (χ0n) is 11.4. The van der Waals surface area contributed by atoms with Gasteiger partial charge in [0.1, 0.15) is 6.33 Å². The number of aryl methyl sites for hydroxylation is 1. The van der Waals surface area contributed by atoms with Gasteiger partial charge in [0.15, 0.2) is 11.2 Å². The molecule has 2 heterocycles. The van der Waals surface area contributed by atoms with Gasteiger partial charge >= 0.3 is 5.69 Å². The van der Waals surface area contributed by atoms with Gasteiger partial charge in [0.05, 0.1) is 10.7 Å². The molecule has 0 unspecified atom stereocenters. The van der Waals surface area contributed by atoms with E-state index in [2.05, 4.69) is 4.98 Å². The van der Waals surface area contributed by atoms with Gasteiger partial charge in [-0.2, -0.15) is 0 Å². The topological polar surface area (TPSA) is 87.8 Å². The zero-order chi connectivity index (χ0) is 15.3. The summed E-state index contributed by atoms with van der Waals surface area (Å²) in [5, 5.41) is 0.394. The van der Waals surface area contributed by atoms with E-state index in [1.165, 1.54) is 17.9 Å². The molecule has 0 aliphatic rings. The molecule has 0 saturated heterocycles. The minimum Gasteiger partial charge on any atom is -0.399 e. The summed E-state index contributed by atoms with van der Waals surface area (Å²) < 4.78 is 3.91. The largest absolute Gasteiger partial charge is 0.399 e. The summed E-state index contributed by atoms with van der Waals surface area (Å²) in [6.45, 7) is 0. The lowest BCUT2D eigenvalue weighted by atomic mass is 10.3. The van der Waals surface area contributed by atoms with Crippen LogP contribution in [0.25, 0.3) is 16.9 Å². The first-order valence-electron chi connectivity index (χ1n) is 6.10. The molecule has 0 aliphatic heterocycles. The van der Waals surface area contributed by atoms with Crippen LogP contribution in [0.15, 0.2) is 34.1 Å². The van der Waals surface area contributed by atoms with Gasteiger partial charge in [0, 0.05) is 19.8 Å². The van der Waals surface area contributed by atoms with Crippen molar-refractivity contribution in [1.29, 1.82) is 0 Å². The van der Waals surface area contributed by atoms with Crippen molar-refractivity contribution in [2.75, 3.05) is 5.73 Å². The van der Waals surface area contributed by atoms with Gasteiger partial charge in [-0.05, 0) is 18.2 Å². The third-order valence-electron chi connectivity index (χ3n) is 3.38. The van der Waals surface area contributed by atoms with E-state index in [-0.39, 0.29) is 5.52 Å². The van der Waals surface area contributed by atoms with Crippen molar-refractivity contribution in [3.8, 4) is 5.69 Å². The van der Waals surface area contributed by atoms with Gasteiger partial charge in [-0.15, -0.1) is 0 Å². The van der Waals surface area contributed by atoms with Gasteiger partial charge in [-0.25, -0.2) is 9.78 Å². The lowest BCUT2D eigenvalue weighted by molar-refractivity contribution is 0.707. The van der Waals surface area contributed by atoms with Crippen molar-refractivity contribution in [1.82, 2.24) is 18.7 Å². The van der Waals surface area contributed by atoms with Crippen LogP contribution in [0.3, 0.4) is 0 Å². The van der Waals surface area contributed by atoms with Crippen LogP contribution in [0.2, 0.25) is 5.02 Å². The Morgan fingerprint density at radius 1 is 1.19 bits per heavy atom. The maximum Gasteiger partial charge on any atom is 0.332 e. The van der Waals surface area contributed by atoms with Crippen molar-refractivity contribution in [2.45, 2.75) is 0 Å². The van der Waals surface area contributed by atoms with Crippen LogP contribution < -0.4 is 17.0 Å². The molecule has 0 saturated carbocycles. The highest BCUT2D eigenvalue weighted by Crippen LogP contribution is 2.24. The van der Waals surface area contributed by atoms with E-state index in [9.17, 15) is 9.59 Å². The number of hydrogen-bond acceptors (Lipinski definition) is 4. The first-order valence-corrected chi connectivity index (χ1v) is 6.48. The molecule has 0 amide bonds.